The van der Waals surface area contributed by atoms with E-state index in [4.69, 9.17) is 0 Å². The fourth-order valence-corrected chi connectivity index (χ4v) is 13.4. The minimum Gasteiger partial charge on any atom is -0.152 e. The first kappa shape index (κ1) is 20.5. The van der Waals surface area contributed by atoms with Crippen molar-refractivity contribution < 1.29 is 0 Å². The summed E-state index contributed by atoms with van der Waals surface area (Å²) < 4.78 is 5.95. The molecule has 0 aromatic heterocycles. The van der Waals surface area contributed by atoms with Crippen molar-refractivity contribution in [2.45, 2.75) is 11.5 Å². The van der Waals surface area contributed by atoms with Crippen LogP contribution in [0.3, 0.4) is 0 Å². The molecule has 0 saturated carbocycles. The van der Waals surface area contributed by atoms with Gasteiger partial charge in [-0.25, -0.2) is 0 Å². The molecule has 26 heavy (non-hydrogen) atoms. The lowest BCUT2D eigenvalue weighted by atomic mass is 10.1. The molecule has 3 aliphatic heterocycles. The summed E-state index contributed by atoms with van der Waals surface area (Å²) >= 11 is 15.9. The zero-order valence-electron chi connectivity index (χ0n) is 14.4. The lowest BCUT2D eigenvalue weighted by Crippen LogP contribution is -1.96. The van der Waals surface area contributed by atoms with Gasteiger partial charge >= 0.3 is 0 Å². The van der Waals surface area contributed by atoms with E-state index in [2.05, 4.69) is 60.3 Å². The molecule has 0 unspecified atom stereocenters. The van der Waals surface area contributed by atoms with Gasteiger partial charge in [0.05, 0.1) is 16.9 Å². The van der Waals surface area contributed by atoms with Crippen LogP contribution in [0.4, 0.5) is 0 Å². The summed E-state index contributed by atoms with van der Waals surface area (Å²) in [6.45, 7) is 0. The summed E-state index contributed by atoms with van der Waals surface area (Å²) in [4.78, 5) is 3.19. The van der Waals surface area contributed by atoms with E-state index in [-0.39, 0.29) is 0 Å². The largest absolute Gasteiger partial charge is 0.152 e. The summed E-state index contributed by atoms with van der Waals surface area (Å²) in [5.74, 6) is 4.55. The molecule has 0 aliphatic carbocycles. The van der Waals surface area contributed by atoms with Crippen molar-refractivity contribution in [3.8, 4) is 0 Å². The number of fused-ring (bicyclic) bond motifs is 1. The Morgan fingerprint density at radius 3 is 1.58 bits per heavy atom. The fraction of sp³-hybridized carbons (Fsp3) is 0.333. The van der Waals surface area contributed by atoms with Crippen molar-refractivity contribution in [1.82, 2.24) is 0 Å². The first-order chi connectivity index (χ1) is 12.8. The van der Waals surface area contributed by atoms with Crippen LogP contribution in [-0.4, -0.2) is 24.0 Å². The number of benzene rings is 1. The number of hydrogen-bond donors (Lipinski definition) is 0. The Morgan fingerprint density at radius 1 is 0.654 bits per heavy atom. The van der Waals surface area contributed by atoms with Crippen LogP contribution in [0.25, 0.3) is 0 Å². The van der Waals surface area contributed by atoms with Crippen molar-refractivity contribution >= 4 is 94.1 Å². The van der Waals surface area contributed by atoms with Crippen LogP contribution in [-0.2, 0) is 11.5 Å². The van der Waals surface area contributed by atoms with Crippen LogP contribution >= 0.6 is 94.1 Å². The normalized spacial score (nSPS) is 21.3. The van der Waals surface area contributed by atoms with Gasteiger partial charge in [0.15, 0.2) is 0 Å². The van der Waals surface area contributed by atoms with Gasteiger partial charge in [0.1, 0.15) is 0 Å². The van der Waals surface area contributed by atoms with Gasteiger partial charge in [-0.1, -0.05) is 71.3 Å². The van der Waals surface area contributed by atoms with Crippen molar-refractivity contribution in [3.63, 3.8) is 0 Å². The van der Waals surface area contributed by atoms with Gasteiger partial charge in [0, 0.05) is 32.8 Å². The maximum Gasteiger partial charge on any atom is 0.0717 e. The molecule has 3 heterocycles. The Labute approximate surface area is 190 Å². The predicted molar refractivity (Wildman–Crippen MR) is 137 cm³/mol. The highest BCUT2D eigenvalue weighted by atomic mass is 32.3. The Kier molecular flexibility index (Phi) is 7.75. The molecule has 4 rings (SSSR count). The molecule has 0 radical (unpaired) electrons. The van der Waals surface area contributed by atoms with E-state index >= 15 is 0 Å². The summed E-state index contributed by atoms with van der Waals surface area (Å²) in [5.41, 5.74) is 3.03. The van der Waals surface area contributed by atoms with Crippen LogP contribution < -0.4 is 0 Å². The second-order valence-corrected chi connectivity index (χ2v) is 14.5. The highest BCUT2D eigenvalue weighted by Gasteiger charge is 2.29. The third kappa shape index (κ3) is 4.69. The Hall–Kier alpha value is 1.24. The third-order valence-electron chi connectivity index (χ3n) is 3.92. The molecule has 3 aliphatic rings. The van der Waals surface area contributed by atoms with Crippen molar-refractivity contribution in [1.29, 1.82) is 0 Å². The maximum absolute atomic E-state index is 2.30. The van der Waals surface area contributed by atoms with Crippen LogP contribution in [0.1, 0.15) is 11.1 Å². The average molecular weight is 491 g/mol. The Bertz CT molecular complexity index is 731. The molecule has 0 nitrogen and oxygen atoms in total. The fourth-order valence-electron chi connectivity index (χ4n) is 2.61. The van der Waals surface area contributed by atoms with E-state index in [1.807, 2.05) is 70.6 Å². The molecular weight excluding hydrogens is 473 g/mol. The molecule has 0 amide bonds. The summed E-state index contributed by atoms with van der Waals surface area (Å²) in [5, 5.41) is 0. The minimum absolute atomic E-state index is 1.13. The zero-order chi connectivity index (χ0) is 17.9. The molecule has 0 saturated heterocycles. The van der Waals surface area contributed by atoms with Crippen LogP contribution in [0.2, 0.25) is 0 Å². The Balaban J connectivity index is 1.48. The predicted octanol–water partition coefficient (Wildman–Crippen LogP) is 8.32. The first-order valence-corrected chi connectivity index (χ1v) is 16.0. The standard InChI is InChI=1S/C18H18S8/c1-19-15-16(20-2)26-18(25-15)17-23-13-9-21-7-11-5-3-4-6-12(11)8-22-10-14(13)24-17/h3-6H,7-10H2,1-2H3. The van der Waals surface area contributed by atoms with Gasteiger partial charge in [0.2, 0.25) is 0 Å². The van der Waals surface area contributed by atoms with E-state index in [1.54, 1.807) is 9.81 Å². The molecule has 1 aromatic rings. The van der Waals surface area contributed by atoms with Gasteiger partial charge in [-0.3, -0.25) is 0 Å². The topological polar surface area (TPSA) is 0 Å². The quantitative estimate of drug-likeness (QED) is 0.400. The maximum atomic E-state index is 2.30. The van der Waals surface area contributed by atoms with Gasteiger partial charge in [-0.05, 0) is 23.6 Å². The van der Waals surface area contributed by atoms with Gasteiger partial charge in [0.25, 0.3) is 0 Å². The van der Waals surface area contributed by atoms with Gasteiger partial charge < -0.3 is 0 Å². The lowest BCUT2D eigenvalue weighted by Gasteiger charge is -2.12. The van der Waals surface area contributed by atoms with Gasteiger partial charge in [-0.15, -0.1) is 23.5 Å². The SMILES string of the molecule is CSC1=C(SC)SC(=C2SC3=C(CSCc4ccccc4CSC3)S2)S1. The molecule has 138 valence electrons. The zero-order valence-corrected chi connectivity index (χ0v) is 20.9. The van der Waals surface area contributed by atoms with E-state index in [1.165, 1.54) is 28.1 Å². The third-order valence-corrected chi connectivity index (χ3v) is 14.7. The van der Waals surface area contributed by atoms with E-state index in [9.17, 15) is 0 Å². The average Bonchev–Trinajstić information content (AvgIpc) is 3.27. The smallest absolute Gasteiger partial charge is 0.0717 e. The highest BCUT2D eigenvalue weighted by molar-refractivity contribution is 8.42. The van der Waals surface area contributed by atoms with Crippen LogP contribution in [0.5, 0.6) is 0 Å². The Morgan fingerprint density at radius 2 is 1.12 bits per heavy atom. The van der Waals surface area contributed by atoms with Crippen molar-refractivity contribution in [2.75, 3.05) is 24.0 Å². The number of rotatable bonds is 2. The molecule has 0 spiro atoms. The van der Waals surface area contributed by atoms with E-state index in [0.29, 0.717) is 0 Å². The number of hydrogen-bond acceptors (Lipinski definition) is 8. The van der Waals surface area contributed by atoms with Crippen LogP contribution in [0.15, 0.2) is 51.0 Å². The van der Waals surface area contributed by atoms with E-state index in [0.717, 1.165) is 23.0 Å². The monoisotopic (exact) mass is 490 g/mol. The molecule has 0 atom stereocenters. The van der Waals surface area contributed by atoms with Crippen LogP contribution in [0, 0.1) is 0 Å². The van der Waals surface area contributed by atoms with E-state index < -0.39 is 0 Å². The lowest BCUT2D eigenvalue weighted by molar-refractivity contribution is 1.28. The highest BCUT2D eigenvalue weighted by Crippen LogP contribution is 2.63. The first-order valence-electron chi connectivity index (χ1n) is 8.00. The molecule has 0 bridgehead atoms. The molecule has 8 heteroatoms. The second-order valence-electron chi connectivity index (χ2n) is 5.57. The molecular formula is C18H18S8. The van der Waals surface area contributed by atoms with Gasteiger partial charge in [-0.2, -0.15) is 23.5 Å². The number of thioether (sulfide) groups is 8. The van der Waals surface area contributed by atoms with Crippen molar-refractivity contribution in [3.05, 3.63) is 62.2 Å². The minimum atomic E-state index is 1.13. The summed E-state index contributed by atoms with van der Waals surface area (Å²) in [7, 11) is 0. The van der Waals surface area contributed by atoms with Crippen molar-refractivity contribution in [2.24, 2.45) is 0 Å². The second kappa shape index (κ2) is 9.83. The summed E-state index contributed by atoms with van der Waals surface area (Å²) in [6, 6.07) is 8.96. The molecule has 0 fully saturated rings. The molecule has 1 aromatic carbocycles. The molecule has 0 N–H and O–H groups in total. The summed E-state index contributed by atoms with van der Waals surface area (Å²) in [6.07, 6.45) is 4.38.